The fraction of sp³-hybridized carbons (Fsp3) is 0.364. The van der Waals surface area contributed by atoms with Gasteiger partial charge in [0.2, 0.25) is 5.91 Å². The first kappa shape index (κ1) is 19.0. The van der Waals surface area contributed by atoms with Crippen molar-refractivity contribution < 1.29 is 4.79 Å². The van der Waals surface area contributed by atoms with Gasteiger partial charge in [-0.1, -0.05) is 6.07 Å². The molecule has 2 bridgehead atoms. The lowest BCUT2D eigenvalue weighted by molar-refractivity contribution is -0.127. The van der Waals surface area contributed by atoms with E-state index in [9.17, 15) is 9.59 Å². The second kappa shape index (κ2) is 7.68. The minimum Gasteiger partial charge on any atom is -0.355 e. The summed E-state index contributed by atoms with van der Waals surface area (Å²) in [4.78, 5) is 37.0. The van der Waals surface area contributed by atoms with Crippen LogP contribution in [-0.4, -0.2) is 33.5 Å². The van der Waals surface area contributed by atoms with Crippen molar-refractivity contribution in [2.24, 2.45) is 5.92 Å². The van der Waals surface area contributed by atoms with Crippen LogP contribution in [0.25, 0.3) is 0 Å². The van der Waals surface area contributed by atoms with Crippen LogP contribution in [-0.2, 0) is 11.3 Å². The Morgan fingerprint density at radius 3 is 2.97 bits per heavy atom. The number of thiophene rings is 1. The summed E-state index contributed by atoms with van der Waals surface area (Å²) in [5.41, 5.74) is 2.82. The van der Waals surface area contributed by atoms with Gasteiger partial charge in [0.15, 0.2) is 0 Å². The van der Waals surface area contributed by atoms with E-state index < -0.39 is 6.04 Å². The van der Waals surface area contributed by atoms with Crippen LogP contribution in [0.15, 0.2) is 52.2 Å². The maximum Gasteiger partial charge on any atom is 0.251 e. The third-order valence-corrected chi connectivity index (χ3v) is 6.81. The van der Waals surface area contributed by atoms with Crippen LogP contribution in [0.5, 0.6) is 0 Å². The third kappa shape index (κ3) is 3.41. The molecule has 3 atom stereocenters. The van der Waals surface area contributed by atoms with E-state index in [0.29, 0.717) is 13.1 Å². The normalized spacial score (nSPS) is 22.4. The number of fused-ring (bicyclic) bond motifs is 4. The van der Waals surface area contributed by atoms with Crippen molar-refractivity contribution in [2.75, 3.05) is 18.0 Å². The number of pyridine rings is 1. The molecule has 1 saturated heterocycles. The zero-order valence-electron chi connectivity index (χ0n) is 16.7. The molecule has 1 N–H and O–H groups in total. The number of aromatic nitrogens is 3. The van der Waals surface area contributed by atoms with Crippen LogP contribution in [0.2, 0.25) is 0 Å². The van der Waals surface area contributed by atoms with Crippen LogP contribution in [0.1, 0.15) is 35.3 Å². The monoisotopic (exact) mass is 421 g/mol. The molecule has 30 heavy (non-hydrogen) atoms. The molecule has 2 aliphatic rings. The largest absolute Gasteiger partial charge is 0.355 e. The zero-order chi connectivity index (χ0) is 20.7. The molecule has 3 aromatic rings. The van der Waals surface area contributed by atoms with E-state index in [0.717, 1.165) is 35.7 Å². The Bertz CT molecular complexity index is 1130. The van der Waals surface area contributed by atoms with Crippen molar-refractivity contribution in [3.8, 4) is 0 Å². The van der Waals surface area contributed by atoms with Gasteiger partial charge in [-0.3, -0.25) is 14.2 Å². The minimum absolute atomic E-state index is 0.0362. The Morgan fingerprint density at radius 1 is 1.27 bits per heavy atom. The van der Waals surface area contributed by atoms with Gasteiger partial charge in [-0.05, 0) is 41.8 Å². The molecule has 0 saturated carbocycles. The fourth-order valence-corrected chi connectivity index (χ4v) is 5.43. The van der Waals surface area contributed by atoms with Crippen LogP contribution >= 0.6 is 11.3 Å². The van der Waals surface area contributed by atoms with E-state index in [-0.39, 0.29) is 23.3 Å². The number of nitrogens with one attached hydrogen (secondary N) is 1. The molecule has 0 aliphatic carbocycles. The van der Waals surface area contributed by atoms with E-state index in [4.69, 9.17) is 0 Å². The molecule has 3 aromatic heterocycles. The molecule has 1 fully saturated rings. The summed E-state index contributed by atoms with van der Waals surface area (Å²) in [5, 5.41) is 7.07. The van der Waals surface area contributed by atoms with Crippen LogP contribution in [0.4, 0.5) is 5.82 Å². The summed E-state index contributed by atoms with van der Waals surface area (Å²) in [5.74, 6) is 1.00. The summed E-state index contributed by atoms with van der Waals surface area (Å²) < 4.78 is 1.73. The Labute approximate surface area is 178 Å². The summed E-state index contributed by atoms with van der Waals surface area (Å²) in [6.45, 7) is 3.89. The lowest BCUT2D eigenvalue weighted by atomic mass is 9.78. The molecule has 1 amide bonds. The van der Waals surface area contributed by atoms with E-state index in [1.54, 1.807) is 34.4 Å². The van der Waals surface area contributed by atoms with Gasteiger partial charge < -0.3 is 10.2 Å². The lowest BCUT2D eigenvalue weighted by Crippen LogP contribution is -2.53. The molecule has 154 valence electrons. The highest BCUT2D eigenvalue weighted by Crippen LogP contribution is 2.42. The quantitative estimate of drug-likeness (QED) is 0.700. The predicted molar refractivity (Wildman–Crippen MR) is 116 cm³/mol. The maximum absolute atomic E-state index is 13.3. The second-order valence-electron chi connectivity index (χ2n) is 8.07. The number of carbonyl (C=O) groups is 1. The highest BCUT2D eigenvalue weighted by molar-refractivity contribution is 7.07. The van der Waals surface area contributed by atoms with Crippen molar-refractivity contribution in [3.63, 3.8) is 0 Å². The van der Waals surface area contributed by atoms with Gasteiger partial charge in [0, 0.05) is 55.0 Å². The number of aryl methyl sites for hydroxylation is 1. The molecule has 0 spiro atoms. The number of hydrogen-bond acceptors (Lipinski definition) is 6. The van der Waals surface area contributed by atoms with Gasteiger partial charge >= 0.3 is 0 Å². The average Bonchev–Trinajstić information content (AvgIpc) is 3.26. The van der Waals surface area contributed by atoms with Gasteiger partial charge in [-0.25, -0.2) is 9.97 Å². The number of anilines is 1. The lowest BCUT2D eigenvalue weighted by Gasteiger charge is -2.46. The van der Waals surface area contributed by atoms with E-state index in [1.807, 2.05) is 35.9 Å². The zero-order valence-corrected chi connectivity index (χ0v) is 17.5. The van der Waals surface area contributed by atoms with E-state index in [1.165, 1.54) is 0 Å². The molecule has 0 unspecified atom stereocenters. The van der Waals surface area contributed by atoms with Gasteiger partial charge in [-0.2, -0.15) is 11.3 Å². The molecule has 5 rings (SSSR count). The summed E-state index contributed by atoms with van der Waals surface area (Å²) in [6, 6.07) is 8.79. The standard InChI is InChI=1S/C22H23N5O2S/c1-14-7-19(25-13-24-14)26-10-16-8-17(11-26)21(27-18(16)3-2-4-20(27)28)22(29)23-9-15-5-6-30-12-15/h2-7,12-13,16-17,21H,8-11H2,1H3,(H,23,29)/t16-,17+,21-/m1/s1. The van der Waals surface area contributed by atoms with Crippen LogP contribution in [0, 0.1) is 12.8 Å². The molecule has 2 aliphatic heterocycles. The molecular formula is C22H23N5O2S. The first-order valence-electron chi connectivity index (χ1n) is 10.1. The Morgan fingerprint density at radius 2 is 2.17 bits per heavy atom. The highest BCUT2D eigenvalue weighted by Gasteiger charge is 2.44. The van der Waals surface area contributed by atoms with Crippen molar-refractivity contribution in [1.82, 2.24) is 19.9 Å². The molecule has 5 heterocycles. The summed E-state index contributed by atoms with van der Waals surface area (Å²) >= 11 is 1.61. The SMILES string of the molecule is Cc1cc(N2C[C@H]3C[C@@H](C2)[C@H](C(=O)NCc2ccsc2)n2c3cccc2=O)ncn1. The van der Waals surface area contributed by atoms with Crippen molar-refractivity contribution in [2.45, 2.75) is 31.8 Å². The number of nitrogens with zero attached hydrogens (tertiary/aromatic N) is 4. The topological polar surface area (TPSA) is 80.1 Å². The average molecular weight is 422 g/mol. The summed E-state index contributed by atoms with van der Waals surface area (Å²) in [7, 11) is 0. The van der Waals surface area contributed by atoms with Gasteiger partial charge in [0.1, 0.15) is 18.2 Å². The first-order valence-corrected chi connectivity index (χ1v) is 11.1. The van der Waals surface area contributed by atoms with Gasteiger partial charge in [-0.15, -0.1) is 0 Å². The maximum atomic E-state index is 13.3. The molecular weight excluding hydrogens is 398 g/mol. The van der Waals surface area contributed by atoms with E-state index >= 15 is 0 Å². The first-order chi connectivity index (χ1) is 14.6. The van der Waals surface area contributed by atoms with Gasteiger partial charge in [0.25, 0.3) is 5.56 Å². The van der Waals surface area contributed by atoms with E-state index in [2.05, 4.69) is 20.2 Å². The van der Waals surface area contributed by atoms with Crippen molar-refractivity contribution >= 4 is 23.1 Å². The van der Waals surface area contributed by atoms with Crippen molar-refractivity contribution in [1.29, 1.82) is 0 Å². The smallest absolute Gasteiger partial charge is 0.251 e. The van der Waals surface area contributed by atoms with Crippen LogP contribution in [0.3, 0.4) is 0 Å². The third-order valence-electron chi connectivity index (χ3n) is 6.08. The Balaban J connectivity index is 1.49. The Hall–Kier alpha value is -3.00. The number of hydrogen-bond donors (Lipinski definition) is 1. The second-order valence-corrected chi connectivity index (χ2v) is 8.85. The number of carbonyl (C=O) groups excluding carboxylic acids is 1. The number of piperidine rings is 1. The summed E-state index contributed by atoms with van der Waals surface area (Å²) in [6.07, 6.45) is 2.47. The van der Waals surface area contributed by atoms with Gasteiger partial charge in [0.05, 0.1) is 0 Å². The molecule has 8 heteroatoms. The minimum atomic E-state index is -0.519. The highest BCUT2D eigenvalue weighted by atomic mass is 32.1. The number of rotatable bonds is 4. The molecule has 7 nitrogen and oxygen atoms in total. The van der Waals surface area contributed by atoms with Crippen molar-refractivity contribution in [3.05, 3.63) is 74.7 Å². The predicted octanol–water partition coefficient (Wildman–Crippen LogP) is 2.49. The molecule has 0 aromatic carbocycles. The molecule has 0 radical (unpaired) electrons. The fourth-order valence-electron chi connectivity index (χ4n) is 4.76. The number of amides is 1. The van der Waals surface area contributed by atoms with Crippen LogP contribution < -0.4 is 15.8 Å². The Kier molecular flexibility index (Phi) is 4.86.